The standard InChI is InChI=1S/C8H18N2O4/c1-4-5(11)6(12)7(13)8(14-4)10-3-2-9/h4-8,10-13H,2-3,9H2,1H3/t4-,5-,6+,7+,8-/m1/s1. The molecule has 0 saturated carbocycles. The van der Waals surface area contributed by atoms with E-state index in [0.29, 0.717) is 13.1 Å². The highest BCUT2D eigenvalue weighted by Crippen LogP contribution is 2.19. The van der Waals surface area contributed by atoms with E-state index in [-0.39, 0.29) is 0 Å². The molecule has 84 valence electrons. The maximum Gasteiger partial charge on any atom is 0.137 e. The van der Waals surface area contributed by atoms with E-state index in [1.165, 1.54) is 0 Å². The normalized spacial score (nSPS) is 43.9. The van der Waals surface area contributed by atoms with Crippen LogP contribution in [0.4, 0.5) is 0 Å². The maximum absolute atomic E-state index is 9.51. The van der Waals surface area contributed by atoms with Gasteiger partial charge in [-0.05, 0) is 6.92 Å². The van der Waals surface area contributed by atoms with Crippen LogP contribution in [0.25, 0.3) is 0 Å². The summed E-state index contributed by atoms with van der Waals surface area (Å²) in [5.41, 5.74) is 5.28. The van der Waals surface area contributed by atoms with Crippen LogP contribution in [0.2, 0.25) is 0 Å². The first-order valence-corrected chi connectivity index (χ1v) is 4.71. The fourth-order valence-electron chi connectivity index (χ4n) is 1.45. The summed E-state index contributed by atoms with van der Waals surface area (Å²) >= 11 is 0. The summed E-state index contributed by atoms with van der Waals surface area (Å²) in [5, 5.41) is 31.2. The molecule has 0 aliphatic carbocycles. The lowest BCUT2D eigenvalue weighted by atomic mass is 9.99. The molecular formula is C8H18N2O4. The Labute approximate surface area is 82.7 Å². The van der Waals surface area contributed by atoms with Gasteiger partial charge in [-0.25, -0.2) is 0 Å². The Balaban J connectivity index is 2.52. The smallest absolute Gasteiger partial charge is 0.137 e. The predicted octanol–water partition coefficient (Wildman–Crippen LogP) is -2.64. The number of nitrogens with one attached hydrogen (secondary N) is 1. The first kappa shape index (κ1) is 11.8. The lowest BCUT2D eigenvalue weighted by molar-refractivity contribution is -0.224. The third kappa shape index (κ3) is 2.41. The minimum Gasteiger partial charge on any atom is -0.388 e. The molecule has 1 saturated heterocycles. The second kappa shape index (κ2) is 5.01. The first-order valence-electron chi connectivity index (χ1n) is 4.71. The Bertz CT molecular complexity index is 181. The van der Waals surface area contributed by atoms with E-state index in [4.69, 9.17) is 10.5 Å². The van der Waals surface area contributed by atoms with Crippen molar-refractivity contribution in [1.29, 1.82) is 0 Å². The average molecular weight is 206 g/mol. The molecule has 0 bridgehead atoms. The molecule has 0 amide bonds. The number of aliphatic hydroxyl groups excluding tert-OH is 3. The zero-order chi connectivity index (χ0) is 10.7. The number of rotatable bonds is 3. The van der Waals surface area contributed by atoms with E-state index >= 15 is 0 Å². The Morgan fingerprint density at radius 3 is 2.43 bits per heavy atom. The van der Waals surface area contributed by atoms with Gasteiger partial charge in [-0.1, -0.05) is 0 Å². The van der Waals surface area contributed by atoms with E-state index in [0.717, 1.165) is 0 Å². The van der Waals surface area contributed by atoms with Crippen molar-refractivity contribution in [3.63, 3.8) is 0 Å². The van der Waals surface area contributed by atoms with Crippen LogP contribution < -0.4 is 11.1 Å². The van der Waals surface area contributed by atoms with Gasteiger partial charge in [0.05, 0.1) is 6.10 Å². The van der Waals surface area contributed by atoms with Gasteiger partial charge in [0.1, 0.15) is 24.5 Å². The molecule has 5 atom stereocenters. The summed E-state index contributed by atoms with van der Waals surface area (Å²) in [4.78, 5) is 0. The van der Waals surface area contributed by atoms with Crippen LogP contribution in [-0.2, 0) is 4.74 Å². The molecule has 0 radical (unpaired) electrons. The van der Waals surface area contributed by atoms with Crippen LogP contribution in [0.1, 0.15) is 6.92 Å². The van der Waals surface area contributed by atoms with Gasteiger partial charge in [-0.15, -0.1) is 0 Å². The number of ether oxygens (including phenoxy) is 1. The zero-order valence-corrected chi connectivity index (χ0v) is 8.13. The SMILES string of the molecule is C[C@H]1O[C@@H](NCCN)[C@@H](O)[C@@H](O)[C@@H]1O. The molecule has 1 fully saturated rings. The minimum absolute atomic E-state index is 0.416. The molecule has 1 aliphatic rings. The molecule has 0 aromatic rings. The lowest BCUT2D eigenvalue weighted by Gasteiger charge is -2.39. The summed E-state index contributed by atoms with van der Waals surface area (Å²) in [5.74, 6) is 0. The van der Waals surface area contributed by atoms with Crippen LogP contribution >= 0.6 is 0 Å². The molecule has 6 heteroatoms. The van der Waals surface area contributed by atoms with Crippen LogP contribution in [0.15, 0.2) is 0 Å². The van der Waals surface area contributed by atoms with Crippen molar-refractivity contribution in [2.24, 2.45) is 5.73 Å². The van der Waals surface area contributed by atoms with Gasteiger partial charge < -0.3 is 25.8 Å². The molecule has 1 rings (SSSR count). The van der Waals surface area contributed by atoms with Crippen LogP contribution in [0.5, 0.6) is 0 Å². The minimum atomic E-state index is -1.19. The topological polar surface area (TPSA) is 108 Å². The molecule has 0 aromatic carbocycles. The van der Waals surface area contributed by atoms with E-state index in [2.05, 4.69) is 5.32 Å². The number of hydrogen-bond donors (Lipinski definition) is 5. The second-order valence-corrected chi connectivity index (χ2v) is 3.48. The van der Waals surface area contributed by atoms with E-state index < -0.39 is 30.6 Å². The highest BCUT2D eigenvalue weighted by Gasteiger charge is 2.41. The fraction of sp³-hybridized carbons (Fsp3) is 1.00. The summed E-state index contributed by atoms with van der Waals surface area (Å²) in [6.45, 7) is 2.54. The summed E-state index contributed by atoms with van der Waals surface area (Å²) in [6, 6.07) is 0. The highest BCUT2D eigenvalue weighted by atomic mass is 16.5. The van der Waals surface area contributed by atoms with Crippen LogP contribution in [-0.4, -0.2) is 59.1 Å². The van der Waals surface area contributed by atoms with Gasteiger partial charge in [0.2, 0.25) is 0 Å². The predicted molar refractivity (Wildman–Crippen MR) is 49.4 cm³/mol. The van der Waals surface area contributed by atoms with E-state index in [9.17, 15) is 15.3 Å². The van der Waals surface area contributed by atoms with Gasteiger partial charge in [0.15, 0.2) is 0 Å². The van der Waals surface area contributed by atoms with Gasteiger partial charge in [-0.2, -0.15) is 0 Å². The van der Waals surface area contributed by atoms with Crippen molar-refractivity contribution in [1.82, 2.24) is 5.32 Å². The highest BCUT2D eigenvalue weighted by molar-refractivity contribution is 4.89. The molecule has 6 N–H and O–H groups in total. The van der Waals surface area contributed by atoms with Crippen LogP contribution in [0.3, 0.4) is 0 Å². The van der Waals surface area contributed by atoms with E-state index in [1.54, 1.807) is 6.92 Å². The van der Waals surface area contributed by atoms with Crippen molar-refractivity contribution in [3.05, 3.63) is 0 Å². The molecule has 6 nitrogen and oxygen atoms in total. The monoisotopic (exact) mass is 206 g/mol. The third-order valence-electron chi connectivity index (χ3n) is 2.34. The van der Waals surface area contributed by atoms with Gasteiger partial charge in [0.25, 0.3) is 0 Å². The molecule has 0 spiro atoms. The molecule has 0 aromatic heterocycles. The Morgan fingerprint density at radius 1 is 1.21 bits per heavy atom. The van der Waals surface area contributed by atoms with Gasteiger partial charge in [-0.3, -0.25) is 5.32 Å². The van der Waals surface area contributed by atoms with Crippen molar-refractivity contribution >= 4 is 0 Å². The molecule has 1 heterocycles. The Hall–Kier alpha value is -0.240. The van der Waals surface area contributed by atoms with Crippen molar-refractivity contribution in [2.75, 3.05) is 13.1 Å². The maximum atomic E-state index is 9.51. The third-order valence-corrected chi connectivity index (χ3v) is 2.34. The number of nitrogens with two attached hydrogens (primary N) is 1. The molecule has 0 unspecified atom stereocenters. The lowest BCUT2D eigenvalue weighted by Crippen LogP contribution is -2.61. The van der Waals surface area contributed by atoms with Crippen LogP contribution in [0, 0.1) is 0 Å². The van der Waals surface area contributed by atoms with Crippen molar-refractivity contribution < 1.29 is 20.1 Å². The number of aliphatic hydroxyl groups is 3. The van der Waals surface area contributed by atoms with Crippen molar-refractivity contribution in [2.45, 2.75) is 37.6 Å². The molecular weight excluding hydrogens is 188 g/mol. The zero-order valence-electron chi connectivity index (χ0n) is 8.13. The van der Waals surface area contributed by atoms with Crippen molar-refractivity contribution in [3.8, 4) is 0 Å². The Kier molecular flexibility index (Phi) is 4.24. The fourth-order valence-corrected chi connectivity index (χ4v) is 1.45. The second-order valence-electron chi connectivity index (χ2n) is 3.48. The summed E-state index contributed by atoms with van der Waals surface area (Å²) < 4.78 is 5.26. The summed E-state index contributed by atoms with van der Waals surface area (Å²) in [6.07, 6.45) is -4.56. The Morgan fingerprint density at radius 2 is 1.86 bits per heavy atom. The number of hydrogen-bond acceptors (Lipinski definition) is 6. The van der Waals surface area contributed by atoms with Gasteiger partial charge >= 0.3 is 0 Å². The molecule has 14 heavy (non-hydrogen) atoms. The average Bonchev–Trinajstić information content (AvgIpc) is 2.18. The largest absolute Gasteiger partial charge is 0.388 e. The molecule has 1 aliphatic heterocycles. The van der Waals surface area contributed by atoms with Gasteiger partial charge in [0, 0.05) is 13.1 Å². The van der Waals surface area contributed by atoms with E-state index in [1.807, 2.05) is 0 Å². The summed E-state index contributed by atoms with van der Waals surface area (Å²) in [7, 11) is 0. The quantitative estimate of drug-likeness (QED) is 0.345. The first-order chi connectivity index (χ1) is 6.57.